The van der Waals surface area contributed by atoms with Crippen LogP contribution in [0.5, 0.6) is 5.75 Å². The molecule has 0 spiro atoms. The number of hydrogen-bond donors (Lipinski definition) is 2. The van der Waals surface area contributed by atoms with Gasteiger partial charge in [-0.05, 0) is 25.1 Å². The monoisotopic (exact) mass is 164 g/mol. The van der Waals surface area contributed by atoms with E-state index in [0.29, 0.717) is 11.4 Å². The standard InChI is InChI=1S/C9H12N2O/c1-2-3-7-6-8(12-11)4-5-9(7)10/h2-6H,10-11H2,1H3/b3-2-. The maximum Gasteiger partial charge on any atom is 0.147 e. The molecule has 12 heavy (non-hydrogen) atoms. The van der Waals surface area contributed by atoms with Crippen LogP contribution in [-0.4, -0.2) is 0 Å². The second-order valence-corrected chi connectivity index (χ2v) is 2.41. The lowest BCUT2D eigenvalue weighted by Crippen LogP contribution is -2.02. The van der Waals surface area contributed by atoms with Gasteiger partial charge in [-0.15, -0.1) is 0 Å². The Hall–Kier alpha value is -1.48. The summed E-state index contributed by atoms with van der Waals surface area (Å²) in [5.41, 5.74) is 7.32. The minimum absolute atomic E-state index is 0.609. The molecule has 0 unspecified atom stereocenters. The molecular weight excluding hydrogens is 152 g/mol. The number of allylic oxidation sites excluding steroid dienone is 1. The molecule has 1 aromatic rings. The molecule has 0 saturated heterocycles. The van der Waals surface area contributed by atoms with Crippen LogP contribution in [0, 0.1) is 0 Å². The van der Waals surface area contributed by atoms with E-state index >= 15 is 0 Å². The van der Waals surface area contributed by atoms with Crippen LogP contribution in [0.3, 0.4) is 0 Å². The van der Waals surface area contributed by atoms with Crippen molar-refractivity contribution in [1.29, 1.82) is 0 Å². The van der Waals surface area contributed by atoms with Crippen molar-refractivity contribution in [2.75, 3.05) is 5.73 Å². The molecule has 0 heterocycles. The van der Waals surface area contributed by atoms with Gasteiger partial charge in [0.15, 0.2) is 0 Å². The highest BCUT2D eigenvalue weighted by Gasteiger charge is 1.97. The zero-order valence-corrected chi connectivity index (χ0v) is 6.95. The summed E-state index contributed by atoms with van der Waals surface area (Å²) in [6.45, 7) is 1.93. The fraction of sp³-hybridized carbons (Fsp3) is 0.111. The Morgan fingerprint density at radius 1 is 1.42 bits per heavy atom. The molecule has 1 aromatic carbocycles. The molecule has 0 amide bonds. The first kappa shape index (κ1) is 8.62. The van der Waals surface area contributed by atoms with Gasteiger partial charge in [-0.2, -0.15) is 5.90 Å². The van der Waals surface area contributed by atoms with E-state index in [1.54, 1.807) is 18.2 Å². The van der Waals surface area contributed by atoms with Crippen LogP contribution in [-0.2, 0) is 0 Å². The predicted molar refractivity (Wildman–Crippen MR) is 50.4 cm³/mol. The third kappa shape index (κ3) is 1.77. The summed E-state index contributed by atoms with van der Waals surface area (Å²) in [4.78, 5) is 4.57. The minimum atomic E-state index is 0.609. The quantitative estimate of drug-likeness (QED) is 0.515. The fourth-order valence-electron chi connectivity index (χ4n) is 0.950. The third-order valence-corrected chi connectivity index (χ3v) is 1.54. The van der Waals surface area contributed by atoms with Crippen LogP contribution in [0.15, 0.2) is 24.3 Å². The summed E-state index contributed by atoms with van der Waals surface area (Å²) >= 11 is 0. The van der Waals surface area contributed by atoms with Gasteiger partial charge in [0, 0.05) is 11.3 Å². The number of nitrogen functional groups attached to an aromatic ring is 1. The Bertz CT molecular complexity index is 295. The van der Waals surface area contributed by atoms with E-state index in [1.165, 1.54) is 0 Å². The maximum absolute atomic E-state index is 5.68. The van der Waals surface area contributed by atoms with Gasteiger partial charge in [0.1, 0.15) is 5.75 Å². The number of rotatable bonds is 2. The van der Waals surface area contributed by atoms with Crippen LogP contribution in [0.1, 0.15) is 12.5 Å². The maximum atomic E-state index is 5.68. The fourth-order valence-corrected chi connectivity index (χ4v) is 0.950. The van der Waals surface area contributed by atoms with Crippen LogP contribution < -0.4 is 16.5 Å². The molecule has 3 heteroatoms. The number of hydrogen-bond acceptors (Lipinski definition) is 3. The zero-order chi connectivity index (χ0) is 8.97. The molecule has 4 N–H and O–H groups in total. The summed E-state index contributed by atoms with van der Waals surface area (Å²) in [5, 5.41) is 0. The van der Waals surface area contributed by atoms with Crippen molar-refractivity contribution in [3.8, 4) is 5.75 Å². The lowest BCUT2D eigenvalue weighted by molar-refractivity contribution is 0.334. The van der Waals surface area contributed by atoms with E-state index in [1.807, 2.05) is 19.1 Å². The Kier molecular flexibility index (Phi) is 2.71. The van der Waals surface area contributed by atoms with Crippen LogP contribution in [0.2, 0.25) is 0 Å². The van der Waals surface area contributed by atoms with Crippen LogP contribution in [0.25, 0.3) is 6.08 Å². The van der Waals surface area contributed by atoms with Crippen molar-refractivity contribution in [2.24, 2.45) is 5.90 Å². The number of benzene rings is 1. The highest BCUT2D eigenvalue weighted by Crippen LogP contribution is 2.19. The van der Waals surface area contributed by atoms with Crippen LogP contribution in [0.4, 0.5) is 5.69 Å². The van der Waals surface area contributed by atoms with E-state index in [-0.39, 0.29) is 0 Å². The van der Waals surface area contributed by atoms with Crippen molar-refractivity contribution in [1.82, 2.24) is 0 Å². The van der Waals surface area contributed by atoms with Gasteiger partial charge in [0.05, 0.1) is 0 Å². The van der Waals surface area contributed by atoms with E-state index in [2.05, 4.69) is 4.84 Å². The Morgan fingerprint density at radius 2 is 2.17 bits per heavy atom. The molecule has 0 aliphatic rings. The summed E-state index contributed by atoms with van der Waals surface area (Å²) in [6.07, 6.45) is 3.81. The Labute approximate surface area is 71.6 Å². The molecular formula is C9H12N2O. The normalized spacial score (nSPS) is 10.5. The van der Waals surface area contributed by atoms with Crippen molar-refractivity contribution < 1.29 is 4.84 Å². The zero-order valence-electron chi connectivity index (χ0n) is 6.95. The Morgan fingerprint density at radius 3 is 2.75 bits per heavy atom. The number of anilines is 1. The first-order chi connectivity index (χ1) is 5.77. The van der Waals surface area contributed by atoms with E-state index in [0.717, 1.165) is 5.56 Å². The molecule has 0 atom stereocenters. The van der Waals surface area contributed by atoms with Crippen molar-refractivity contribution in [3.05, 3.63) is 29.8 Å². The van der Waals surface area contributed by atoms with E-state index < -0.39 is 0 Å². The summed E-state index contributed by atoms with van der Waals surface area (Å²) in [6, 6.07) is 5.27. The van der Waals surface area contributed by atoms with Crippen molar-refractivity contribution in [2.45, 2.75) is 6.92 Å². The summed E-state index contributed by atoms with van der Waals surface area (Å²) in [7, 11) is 0. The van der Waals surface area contributed by atoms with Gasteiger partial charge in [0.2, 0.25) is 0 Å². The second-order valence-electron chi connectivity index (χ2n) is 2.41. The predicted octanol–water partition coefficient (Wildman–Crippen LogP) is 1.55. The molecule has 0 fully saturated rings. The van der Waals surface area contributed by atoms with Gasteiger partial charge in [-0.3, -0.25) is 0 Å². The topological polar surface area (TPSA) is 61.3 Å². The van der Waals surface area contributed by atoms with Gasteiger partial charge >= 0.3 is 0 Å². The lowest BCUT2D eigenvalue weighted by atomic mass is 10.1. The molecule has 0 radical (unpaired) electrons. The number of nitrogens with two attached hydrogens (primary N) is 2. The molecule has 0 aliphatic carbocycles. The smallest absolute Gasteiger partial charge is 0.147 e. The molecule has 0 bridgehead atoms. The van der Waals surface area contributed by atoms with E-state index in [4.69, 9.17) is 11.6 Å². The molecule has 1 rings (SSSR count). The SMILES string of the molecule is C/C=C\c1cc(ON)ccc1N. The third-order valence-electron chi connectivity index (χ3n) is 1.54. The first-order valence-electron chi connectivity index (χ1n) is 3.67. The lowest BCUT2D eigenvalue weighted by Gasteiger charge is -2.02. The molecule has 0 aliphatic heterocycles. The van der Waals surface area contributed by atoms with E-state index in [9.17, 15) is 0 Å². The largest absolute Gasteiger partial charge is 0.412 e. The average Bonchev–Trinajstić information content (AvgIpc) is 2.09. The molecule has 3 nitrogen and oxygen atoms in total. The average molecular weight is 164 g/mol. The second kappa shape index (κ2) is 3.78. The first-order valence-corrected chi connectivity index (χ1v) is 3.67. The molecule has 0 aromatic heterocycles. The van der Waals surface area contributed by atoms with Crippen molar-refractivity contribution >= 4 is 11.8 Å². The summed E-state index contributed by atoms with van der Waals surface area (Å²) in [5.74, 6) is 5.61. The van der Waals surface area contributed by atoms with Gasteiger partial charge in [-0.1, -0.05) is 12.2 Å². The van der Waals surface area contributed by atoms with Crippen LogP contribution >= 0.6 is 0 Å². The molecule has 64 valence electrons. The van der Waals surface area contributed by atoms with Gasteiger partial charge in [-0.25, -0.2) is 0 Å². The minimum Gasteiger partial charge on any atom is -0.412 e. The Balaban J connectivity index is 3.08. The highest BCUT2D eigenvalue weighted by molar-refractivity contribution is 5.65. The molecule has 0 saturated carbocycles. The highest BCUT2D eigenvalue weighted by atomic mass is 16.6. The van der Waals surface area contributed by atoms with Gasteiger partial charge in [0.25, 0.3) is 0 Å². The van der Waals surface area contributed by atoms with Gasteiger partial charge < -0.3 is 10.6 Å². The summed E-state index contributed by atoms with van der Waals surface area (Å²) < 4.78 is 0. The van der Waals surface area contributed by atoms with Crippen molar-refractivity contribution in [3.63, 3.8) is 0 Å².